The summed E-state index contributed by atoms with van der Waals surface area (Å²) >= 11 is 0. The highest BCUT2D eigenvalue weighted by molar-refractivity contribution is 5.95. The Kier molecular flexibility index (Phi) is 4.04. The zero-order valence-electron chi connectivity index (χ0n) is 13.9. The fourth-order valence-corrected chi connectivity index (χ4v) is 3.21. The Labute approximate surface area is 149 Å². The number of aromatic amines is 1. The van der Waals surface area contributed by atoms with E-state index in [0.29, 0.717) is 11.3 Å². The van der Waals surface area contributed by atoms with E-state index < -0.39 is 0 Å². The molecule has 2 aromatic heterocycles. The number of benzene rings is 1. The number of amides is 1. The van der Waals surface area contributed by atoms with Gasteiger partial charge < -0.3 is 15.5 Å². The third-order valence-corrected chi connectivity index (χ3v) is 4.60. The van der Waals surface area contributed by atoms with E-state index in [9.17, 15) is 9.59 Å². The molecule has 132 valence electrons. The molecule has 0 saturated heterocycles. The molecule has 1 saturated carbocycles. The second-order valence-electron chi connectivity index (χ2n) is 6.45. The minimum atomic E-state index is -0.255. The van der Waals surface area contributed by atoms with Crippen LogP contribution in [0.1, 0.15) is 34.8 Å². The van der Waals surface area contributed by atoms with Crippen molar-refractivity contribution in [2.45, 2.75) is 24.8 Å². The molecule has 1 aromatic carbocycles. The van der Waals surface area contributed by atoms with E-state index in [2.05, 4.69) is 15.3 Å². The Hall–Kier alpha value is -3.35. The number of H-pyrrole nitrogens is 1. The van der Waals surface area contributed by atoms with Crippen molar-refractivity contribution in [2.75, 3.05) is 5.73 Å². The lowest BCUT2D eigenvalue weighted by molar-refractivity contribution is 0.0908. The molecule has 7 nitrogen and oxygen atoms in total. The highest BCUT2D eigenvalue weighted by atomic mass is 16.3. The van der Waals surface area contributed by atoms with Gasteiger partial charge in [0.2, 0.25) is 5.95 Å². The quantitative estimate of drug-likeness (QED) is 0.668. The first-order valence-electron chi connectivity index (χ1n) is 8.40. The van der Waals surface area contributed by atoms with Gasteiger partial charge in [-0.15, -0.1) is 0 Å². The number of hydrogen-bond donors (Lipinski definition) is 3. The monoisotopic (exact) mass is 350 g/mol. The van der Waals surface area contributed by atoms with Gasteiger partial charge in [0.15, 0.2) is 0 Å². The molecule has 26 heavy (non-hydrogen) atoms. The van der Waals surface area contributed by atoms with Crippen molar-refractivity contribution in [1.29, 1.82) is 0 Å². The molecule has 0 spiro atoms. The first-order valence-corrected chi connectivity index (χ1v) is 8.40. The molecule has 2 heterocycles. The van der Waals surface area contributed by atoms with Crippen LogP contribution in [0.15, 0.2) is 57.9 Å². The van der Waals surface area contributed by atoms with E-state index in [1.165, 1.54) is 6.07 Å². The molecular weight excluding hydrogens is 332 g/mol. The van der Waals surface area contributed by atoms with E-state index in [4.69, 9.17) is 10.2 Å². The van der Waals surface area contributed by atoms with Crippen molar-refractivity contribution < 1.29 is 9.21 Å². The van der Waals surface area contributed by atoms with Crippen LogP contribution >= 0.6 is 0 Å². The second-order valence-corrected chi connectivity index (χ2v) is 6.45. The van der Waals surface area contributed by atoms with Gasteiger partial charge in [0, 0.05) is 29.2 Å². The molecule has 4 rings (SSSR count). The SMILES string of the molecule is Nc1nc(C2CC(NC(=O)c3cccc(-c4ccco4)c3)C2)cc(=O)[nH]1. The number of aromatic nitrogens is 2. The Bertz CT molecular complexity index is 988. The highest BCUT2D eigenvalue weighted by Gasteiger charge is 2.33. The van der Waals surface area contributed by atoms with Crippen molar-refractivity contribution >= 4 is 11.9 Å². The van der Waals surface area contributed by atoms with E-state index >= 15 is 0 Å². The molecule has 4 N–H and O–H groups in total. The van der Waals surface area contributed by atoms with E-state index in [1.54, 1.807) is 12.3 Å². The number of nitrogen functional groups attached to an aromatic ring is 1. The van der Waals surface area contributed by atoms with Crippen LogP contribution in [0.2, 0.25) is 0 Å². The third kappa shape index (κ3) is 3.23. The van der Waals surface area contributed by atoms with Gasteiger partial charge in [0.05, 0.1) is 12.0 Å². The lowest BCUT2D eigenvalue weighted by Crippen LogP contribution is -2.43. The van der Waals surface area contributed by atoms with Crippen LogP contribution in [-0.4, -0.2) is 21.9 Å². The molecular formula is C19H18N4O3. The van der Waals surface area contributed by atoms with Crippen molar-refractivity contribution in [3.05, 3.63) is 70.3 Å². The molecule has 1 aliphatic carbocycles. The average molecular weight is 350 g/mol. The zero-order chi connectivity index (χ0) is 18.1. The van der Waals surface area contributed by atoms with Gasteiger partial charge >= 0.3 is 0 Å². The summed E-state index contributed by atoms with van der Waals surface area (Å²) in [4.78, 5) is 30.6. The molecule has 1 aliphatic rings. The minimum Gasteiger partial charge on any atom is -0.464 e. The van der Waals surface area contributed by atoms with Crippen LogP contribution < -0.4 is 16.6 Å². The number of hydrogen-bond acceptors (Lipinski definition) is 5. The number of furan rings is 1. The Morgan fingerprint density at radius 3 is 2.81 bits per heavy atom. The second kappa shape index (κ2) is 6.51. The summed E-state index contributed by atoms with van der Waals surface area (Å²) in [7, 11) is 0. The average Bonchev–Trinajstić information content (AvgIpc) is 3.11. The summed E-state index contributed by atoms with van der Waals surface area (Å²) in [5, 5.41) is 3.02. The lowest BCUT2D eigenvalue weighted by atomic mass is 9.78. The molecule has 0 unspecified atom stereocenters. The van der Waals surface area contributed by atoms with Crippen LogP contribution in [0.3, 0.4) is 0 Å². The van der Waals surface area contributed by atoms with Gasteiger partial charge in [-0.3, -0.25) is 14.6 Å². The Morgan fingerprint density at radius 2 is 2.08 bits per heavy atom. The number of nitrogens with one attached hydrogen (secondary N) is 2. The van der Waals surface area contributed by atoms with Crippen molar-refractivity contribution in [3.8, 4) is 11.3 Å². The molecule has 0 radical (unpaired) electrons. The Morgan fingerprint density at radius 1 is 1.23 bits per heavy atom. The van der Waals surface area contributed by atoms with Crippen molar-refractivity contribution in [1.82, 2.24) is 15.3 Å². The van der Waals surface area contributed by atoms with Crippen LogP contribution in [0.4, 0.5) is 5.95 Å². The maximum atomic E-state index is 12.5. The number of anilines is 1. The molecule has 0 atom stereocenters. The highest BCUT2D eigenvalue weighted by Crippen LogP contribution is 2.35. The number of rotatable bonds is 4. The number of nitrogens with two attached hydrogens (primary N) is 1. The summed E-state index contributed by atoms with van der Waals surface area (Å²) in [5.74, 6) is 0.857. The van der Waals surface area contributed by atoms with Gasteiger partial charge in [0.1, 0.15) is 5.76 Å². The van der Waals surface area contributed by atoms with Crippen molar-refractivity contribution in [2.24, 2.45) is 0 Å². The molecule has 7 heteroatoms. The first-order chi connectivity index (χ1) is 12.6. The molecule has 1 amide bonds. The Balaban J connectivity index is 1.39. The van der Waals surface area contributed by atoms with Gasteiger partial charge in [-0.2, -0.15) is 0 Å². The minimum absolute atomic E-state index is 0.0575. The van der Waals surface area contributed by atoms with Crippen LogP contribution in [-0.2, 0) is 0 Å². The van der Waals surface area contributed by atoms with E-state index in [0.717, 1.165) is 24.2 Å². The fourth-order valence-electron chi connectivity index (χ4n) is 3.21. The summed E-state index contributed by atoms with van der Waals surface area (Å²) in [6.07, 6.45) is 3.07. The van der Waals surface area contributed by atoms with Gasteiger partial charge in [-0.05, 0) is 37.1 Å². The normalized spacial score (nSPS) is 18.9. The number of carbonyl (C=O) groups excluding carboxylic acids is 1. The van der Waals surface area contributed by atoms with Gasteiger partial charge in [0.25, 0.3) is 11.5 Å². The molecule has 3 aromatic rings. The molecule has 0 aliphatic heterocycles. The van der Waals surface area contributed by atoms with Crippen LogP contribution in [0, 0.1) is 0 Å². The largest absolute Gasteiger partial charge is 0.464 e. The standard InChI is InChI=1S/C19H18N4O3/c20-19-22-15(10-17(24)23-19)13-8-14(9-13)21-18(25)12-4-1-3-11(7-12)16-5-2-6-26-16/h1-7,10,13-14H,8-9H2,(H,21,25)(H3,20,22,23,24). The van der Waals surface area contributed by atoms with Crippen LogP contribution in [0.25, 0.3) is 11.3 Å². The van der Waals surface area contributed by atoms with Gasteiger partial charge in [-0.25, -0.2) is 4.98 Å². The topological polar surface area (TPSA) is 114 Å². The summed E-state index contributed by atoms with van der Waals surface area (Å²) < 4.78 is 5.37. The number of carbonyl (C=O) groups is 1. The van der Waals surface area contributed by atoms with E-state index in [1.807, 2.05) is 30.3 Å². The maximum Gasteiger partial charge on any atom is 0.252 e. The zero-order valence-corrected chi connectivity index (χ0v) is 13.9. The first kappa shape index (κ1) is 16.1. The summed E-state index contributed by atoms with van der Waals surface area (Å²) in [6, 6.07) is 12.5. The predicted octanol–water partition coefficient (Wildman–Crippen LogP) is 2.29. The summed E-state index contributed by atoms with van der Waals surface area (Å²) in [6.45, 7) is 0. The number of nitrogens with zero attached hydrogens (tertiary/aromatic N) is 1. The fraction of sp³-hybridized carbons (Fsp3) is 0.211. The van der Waals surface area contributed by atoms with Crippen LogP contribution in [0.5, 0.6) is 0 Å². The summed E-state index contributed by atoms with van der Waals surface area (Å²) in [5.41, 5.74) is 7.44. The smallest absolute Gasteiger partial charge is 0.252 e. The van der Waals surface area contributed by atoms with Gasteiger partial charge in [-0.1, -0.05) is 12.1 Å². The lowest BCUT2D eigenvalue weighted by Gasteiger charge is -2.35. The molecule has 1 fully saturated rings. The van der Waals surface area contributed by atoms with Crippen molar-refractivity contribution in [3.63, 3.8) is 0 Å². The maximum absolute atomic E-state index is 12.5. The van der Waals surface area contributed by atoms with E-state index in [-0.39, 0.29) is 29.4 Å². The molecule has 0 bridgehead atoms. The predicted molar refractivity (Wildman–Crippen MR) is 96.6 cm³/mol. The third-order valence-electron chi connectivity index (χ3n) is 4.60.